The van der Waals surface area contributed by atoms with Crippen molar-refractivity contribution in [1.29, 1.82) is 0 Å². The van der Waals surface area contributed by atoms with E-state index in [1.807, 2.05) is 55.5 Å². The number of carbonyl (C=O) groups excluding carboxylic acids is 1. The molecule has 1 saturated heterocycles. The zero-order chi connectivity index (χ0) is 15.0. The molecule has 1 aliphatic rings. The van der Waals surface area contributed by atoms with Gasteiger partial charge >= 0.3 is 0 Å². The van der Waals surface area contributed by atoms with Gasteiger partial charge in [0.2, 0.25) is 5.91 Å². The van der Waals surface area contributed by atoms with Crippen LogP contribution < -0.4 is 15.4 Å². The fourth-order valence-corrected chi connectivity index (χ4v) is 2.76. The van der Waals surface area contributed by atoms with Crippen LogP contribution in [0.25, 0.3) is 0 Å². The normalized spacial score (nSPS) is 21.1. The van der Waals surface area contributed by atoms with E-state index in [9.17, 15) is 4.79 Å². The maximum Gasteiger partial charge on any atom is 0.247 e. The van der Waals surface area contributed by atoms with E-state index in [0.29, 0.717) is 0 Å². The van der Waals surface area contributed by atoms with Crippen molar-refractivity contribution in [3.05, 3.63) is 59.7 Å². The second-order valence-corrected chi connectivity index (χ2v) is 5.29. The summed E-state index contributed by atoms with van der Waals surface area (Å²) >= 11 is 0. The van der Waals surface area contributed by atoms with Crippen LogP contribution in [0.2, 0.25) is 0 Å². The minimum atomic E-state index is -0.502. The van der Waals surface area contributed by atoms with Gasteiger partial charge < -0.3 is 15.4 Å². The third kappa shape index (κ3) is 2.28. The van der Waals surface area contributed by atoms with Gasteiger partial charge in [0.05, 0.1) is 13.2 Å². The molecule has 1 fully saturated rings. The summed E-state index contributed by atoms with van der Waals surface area (Å²) in [6.07, 6.45) is 0. The van der Waals surface area contributed by atoms with Gasteiger partial charge in [-0.05, 0) is 42.3 Å². The molecule has 0 aliphatic carbocycles. The molecule has 3 rings (SSSR count). The Labute approximate surface area is 124 Å². The summed E-state index contributed by atoms with van der Waals surface area (Å²) in [4.78, 5) is 13.9. The zero-order valence-electron chi connectivity index (χ0n) is 12.1. The molecule has 1 amide bonds. The monoisotopic (exact) mass is 282 g/mol. The van der Waals surface area contributed by atoms with Crippen LogP contribution in [0.5, 0.6) is 5.75 Å². The van der Waals surface area contributed by atoms with Crippen molar-refractivity contribution in [1.82, 2.24) is 0 Å². The number of β-lactam (4-membered cyclic amide) rings is 1. The Morgan fingerprint density at radius 3 is 2.62 bits per heavy atom. The number of hydrogen-bond donors (Lipinski definition) is 1. The van der Waals surface area contributed by atoms with Crippen LogP contribution in [-0.2, 0) is 4.79 Å². The minimum absolute atomic E-state index is 0.0478. The van der Waals surface area contributed by atoms with E-state index >= 15 is 0 Å². The Bertz CT molecular complexity index is 684. The first-order valence-electron chi connectivity index (χ1n) is 6.91. The quantitative estimate of drug-likeness (QED) is 0.880. The molecule has 2 aromatic rings. The third-order valence-corrected chi connectivity index (χ3v) is 3.86. The molecular weight excluding hydrogens is 264 g/mol. The highest BCUT2D eigenvalue weighted by Crippen LogP contribution is 2.39. The van der Waals surface area contributed by atoms with Crippen LogP contribution in [-0.4, -0.2) is 19.1 Å². The van der Waals surface area contributed by atoms with Gasteiger partial charge in [-0.15, -0.1) is 0 Å². The van der Waals surface area contributed by atoms with Crippen LogP contribution in [0.15, 0.2) is 48.5 Å². The third-order valence-electron chi connectivity index (χ3n) is 3.86. The predicted octanol–water partition coefficient (Wildman–Crippen LogP) is 2.42. The lowest BCUT2D eigenvalue weighted by molar-refractivity contribution is -0.126. The summed E-state index contributed by atoms with van der Waals surface area (Å²) in [5.74, 6) is 0.719. The van der Waals surface area contributed by atoms with Crippen LogP contribution in [0.4, 0.5) is 5.69 Å². The van der Waals surface area contributed by atoms with E-state index in [4.69, 9.17) is 10.5 Å². The summed E-state index contributed by atoms with van der Waals surface area (Å²) in [6.45, 7) is 2.01. The average Bonchev–Trinajstić information content (AvgIpc) is 2.51. The highest BCUT2D eigenvalue weighted by atomic mass is 16.5. The number of nitrogens with two attached hydrogens (primary N) is 1. The molecule has 0 saturated carbocycles. The van der Waals surface area contributed by atoms with Crippen molar-refractivity contribution in [2.24, 2.45) is 5.73 Å². The summed E-state index contributed by atoms with van der Waals surface area (Å²) in [7, 11) is 1.63. The summed E-state index contributed by atoms with van der Waals surface area (Å²) in [5, 5.41) is 0. The minimum Gasteiger partial charge on any atom is -0.497 e. The molecule has 1 heterocycles. The molecule has 2 atom stereocenters. The molecule has 0 bridgehead atoms. The molecular formula is C17H18N2O2. The smallest absolute Gasteiger partial charge is 0.247 e. The van der Waals surface area contributed by atoms with Gasteiger partial charge in [0.15, 0.2) is 0 Å². The molecule has 1 aliphatic heterocycles. The Morgan fingerprint density at radius 2 is 1.90 bits per heavy atom. The molecule has 0 spiro atoms. The highest BCUT2D eigenvalue weighted by molar-refractivity contribution is 6.05. The Morgan fingerprint density at radius 1 is 1.14 bits per heavy atom. The Hall–Kier alpha value is -2.33. The van der Waals surface area contributed by atoms with Crippen LogP contribution in [0.1, 0.15) is 17.2 Å². The van der Waals surface area contributed by atoms with Crippen LogP contribution >= 0.6 is 0 Å². The Balaban J connectivity index is 1.98. The first kappa shape index (κ1) is 13.6. The number of ether oxygens (including phenoxy) is 1. The number of carbonyl (C=O) groups is 1. The van der Waals surface area contributed by atoms with Crippen LogP contribution in [0, 0.1) is 6.92 Å². The number of benzene rings is 2. The van der Waals surface area contributed by atoms with E-state index in [0.717, 1.165) is 22.6 Å². The highest BCUT2D eigenvalue weighted by Gasteiger charge is 2.46. The van der Waals surface area contributed by atoms with Crippen molar-refractivity contribution in [2.45, 2.75) is 19.0 Å². The van der Waals surface area contributed by atoms with E-state index < -0.39 is 6.04 Å². The Kier molecular flexibility index (Phi) is 3.39. The molecule has 4 nitrogen and oxygen atoms in total. The lowest BCUT2D eigenvalue weighted by atomic mass is 9.88. The molecule has 108 valence electrons. The van der Waals surface area contributed by atoms with E-state index in [-0.39, 0.29) is 11.9 Å². The van der Waals surface area contributed by atoms with Crippen molar-refractivity contribution >= 4 is 11.6 Å². The van der Waals surface area contributed by atoms with Gasteiger partial charge in [0, 0.05) is 5.69 Å². The van der Waals surface area contributed by atoms with E-state index in [1.54, 1.807) is 12.0 Å². The number of rotatable bonds is 3. The summed E-state index contributed by atoms with van der Waals surface area (Å²) in [6, 6.07) is 14.9. The number of aryl methyl sites for hydroxylation is 1. The largest absolute Gasteiger partial charge is 0.497 e. The lowest BCUT2D eigenvalue weighted by Crippen LogP contribution is -2.63. The maximum atomic E-state index is 12.2. The number of amides is 1. The lowest BCUT2D eigenvalue weighted by Gasteiger charge is -2.45. The summed E-state index contributed by atoms with van der Waals surface area (Å²) in [5.41, 5.74) is 9.01. The fourth-order valence-electron chi connectivity index (χ4n) is 2.76. The van der Waals surface area contributed by atoms with Crippen molar-refractivity contribution in [2.75, 3.05) is 12.0 Å². The second-order valence-electron chi connectivity index (χ2n) is 5.29. The molecule has 0 radical (unpaired) electrons. The molecule has 21 heavy (non-hydrogen) atoms. The first-order valence-corrected chi connectivity index (χ1v) is 6.91. The van der Waals surface area contributed by atoms with Gasteiger partial charge in [-0.1, -0.05) is 24.3 Å². The fraction of sp³-hybridized carbons (Fsp3) is 0.235. The van der Waals surface area contributed by atoms with E-state index in [1.165, 1.54) is 0 Å². The van der Waals surface area contributed by atoms with Gasteiger partial charge in [-0.2, -0.15) is 0 Å². The van der Waals surface area contributed by atoms with Crippen molar-refractivity contribution in [3.8, 4) is 5.75 Å². The van der Waals surface area contributed by atoms with Crippen molar-refractivity contribution < 1.29 is 9.53 Å². The molecule has 4 heteroatoms. The number of anilines is 1. The van der Waals surface area contributed by atoms with Gasteiger partial charge in [-0.25, -0.2) is 0 Å². The van der Waals surface area contributed by atoms with E-state index in [2.05, 4.69) is 0 Å². The zero-order valence-corrected chi connectivity index (χ0v) is 12.1. The second kappa shape index (κ2) is 5.22. The van der Waals surface area contributed by atoms with Gasteiger partial charge in [-0.3, -0.25) is 4.79 Å². The van der Waals surface area contributed by atoms with Gasteiger partial charge in [0.1, 0.15) is 11.8 Å². The van der Waals surface area contributed by atoms with Crippen LogP contribution in [0.3, 0.4) is 0 Å². The topological polar surface area (TPSA) is 55.6 Å². The SMILES string of the molecule is COc1cccc([C@@H]2[C@@H](N)C(=O)N2c2cccc(C)c2)c1. The maximum absolute atomic E-state index is 12.2. The number of hydrogen-bond acceptors (Lipinski definition) is 3. The predicted molar refractivity (Wildman–Crippen MR) is 82.4 cm³/mol. The molecule has 0 unspecified atom stereocenters. The summed E-state index contributed by atoms with van der Waals surface area (Å²) < 4.78 is 5.25. The van der Waals surface area contributed by atoms with Crippen molar-refractivity contribution in [3.63, 3.8) is 0 Å². The number of nitrogens with zero attached hydrogens (tertiary/aromatic N) is 1. The standard InChI is InChI=1S/C17H18N2O2/c1-11-5-3-7-13(9-11)19-16(15(18)17(19)20)12-6-4-8-14(10-12)21-2/h3-10,15-16H,18H2,1-2H3/t15-,16-/m1/s1. The molecule has 0 aromatic heterocycles. The molecule has 2 N–H and O–H groups in total. The van der Waals surface area contributed by atoms with Gasteiger partial charge in [0.25, 0.3) is 0 Å². The average molecular weight is 282 g/mol. The molecule has 2 aromatic carbocycles. The number of methoxy groups -OCH3 is 1. The first-order chi connectivity index (χ1) is 10.1.